The van der Waals surface area contributed by atoms with Gasteiger partial charge in [-0.15, -0.1) is 5.10 Å². The third kappa shape index (κ3) is 2.87. The van der Waals surface area contributed by atoms with Crippen molar-refractivity contribution in [3.8, 4) is 5.69 Å². The molecule has 1 unspecified atom stereocenters. The Hall–Kier alpha value is -2.22. The molecule has 1 aliphatic rings. The fourth-order valence-electron chi connectivity index (χ4n) is 2.52. The number of rotatable bonds is 3. The second-order valence-corrected chi connectivity index (χ2v) is 7.57. The first-order valence-electron chi connectivity index (χ1n) is 6.95. The van der Waals surface area contributed by atoms with E-state index >= 15 is 0 Å². The Labute approximate surface area is 128 Å². The minimum absolute atomic E-state index is 0.00932. The maximum absolute atomic E-state index is 12.3. The van der Waals surface area contributed by atoms with Gasteiger partial charge >= 0.3 is 0 Å². The Morgan fingerprint density at radius 3 is 2.68 bits per heavy atom. The monoisotopic (exact) mass is 320 g/mol. The van der Waals surface area contributed by atoms with Gasteiger partial charge in [-0.3, -0.25) is 4.79 Å². The van der Waals surface area contributed by atoms with Gasteiger partial charge in [0, 0.05) is 6.04 Å². The first-order chi connectivity index (χ1) is 10.5. The van der Waals surface area contributed by atoms with E-state index in [4.69, 9.17) is 0 Å². The molecular weight excluding hydrogens is 304 g/mol. The maximum Gasteiger partial charge on any atom is 0.274 e. The van der Waals surface area contributed by atoms with Gasteiger partial charge in [0.2, 0.25) is 0 Å². The average Bonchev–Trinajstić information content (AvgIpc) is 3.02. The van der Waals surface area contributed by atoms with E-state index in [9.17, 15) is 13.2 Å². The topological polar surface area (TPSA) is 93.9 Å². The van der Waals surface area contributed by atoms with Crippen molar-refractivity contribution in [1.82, 2.24) is 20.3 Å². The Morgan fingerprint density at radius 2 is 2.05 bits per heavy atom. The van der Waals surface area contributed by atoms with Crippen LogP contribution in [0.3, 0.4) is 0 Å². The van der Waals surface area contributed by atoms with Crippen molar-refractivity contribution < 1.29 is 13.2 Å². The number of benzene rings is 1. The summed E-state index contributed by atoms with van der Waals surface area (Å²) in [7, 11) is -3.03. The number of hydrogen-bond donors (Lipinski definition) is 1. The summed E-state index contributed by atoms with van der Waals surface area (Å²) in [5, 5.41) is 10.6. The zero-order valence-electron chi connectivity index (χ0n) is 12.1. The minimum atomic E-state index is -3.03. The normalized spacial score (nSPS) is 20.0. The van der Waals surface area contributed by atoms with Crippen LogP contribution in [0.1, 0.15) is 22.6 Å². The van der Waals surface area contributed by atoms with Gasteiger partial charge in [0.1, 0.15) is 0 Å². The standard InChI is InChI=1S/C14H16N4O3S/c1-10-13(14(19)15-11-7-8-22(20,21)9-11)16-17-18(10)12-5-3-2-4-6-12/h2-6,11H,7-9H2,1H3,(H,15,19). The molecule has 0 spiro atoms. The number of carbonyl (C=O) groups is 1. The van der Waals surface area contributed by atoms with Gasteiger partial charge in [0.15, 0.2) is 15.5 Å². The van der Waals surface area contributed by atoms with Crippen molar-refractivity contribution in [2.24, 2.45) is 0 Å². The van der Waals surface area contributed by atoms with Crippen LogP contribution >= 0.6 is 0 Å². The van der Waals surface area contributed by atoms with Crippen molar-refractivity contribution in [3.63, 3.8) is 0 Å². The molecule has 1 saturated heterocycles. The number of amides is 1. The molecule has 8 heteroatoms. The van der Waals surface area contributed by atoms with Gasteiger partial charge in [0.05, 0.1) is 22.9 Å². The fourth-order valence-corrected chi connectivity index (χ4v) is 4.19. The second-order valence-electron chi connectivity index (χ2n) is 5.34. The smallest absolute Gasteiger partial charge is 0.274 e. The predicted octanol–water partition coefficient (Wildman–Crippen LogP) is 0.493. The third-order valence-electron chi connectivity index (χ3n) is 3.68. The molecule has 2 heterocycles. The number of carbonyl (C=O) groups excluding carboxylic acids is 1. The number of para-hydroxylation sites is 1. The molecule has 1 amide bonds. The van der Waals surface area contributed by atoms with E-state index in [1.54, 1.807) is 11.6 Å². The van der Waals surface area contributed by atoms with Crippen molar-refractivity contribution in [2.45, 2.75) is 19.4 Å². The molecule has 0 bridgehead atoms. The molecule has 1 N–H and O–H groups in total. The molecule has 2 aromatic rings. The molecule has 1 fully saturated rings. The average molecular weight is 320 g/mol. The first-order valence-corrected chi connectivity index (χ1v) is 8.77. The number of nitrogens with one attached hydrogen (secondary N) is 1. The zero-order valence-corrected chi connectivity index (χ0v) is 12.9. The lowest BCUT2D eigenvalue weighted by Gasteiger charge is -2.09. The van der Waals surface area contributed by atoms with Crippen LogP contribution in [-0.4, -0.2) is 46.9 Å². The molecule has 1 aliphatic heterocycles. The summed E-state index contributed by atoms with van der Waals surface area (Å²) >= 11 is 0. The molecule has 7 nitrogen and oxygen atoms in total. The third-order valence-corrected chi connectivity index (χ3v) is 5.45. The van der Waals surface area contributed by atoms with E-state index in [-0.39, 0.29) is 29.1 Å². The summed E-state index contributed by atoms with van der Waals surface area (Å²) < 4.78 is 24.4. The number of hydrogen-bond acceptors (Lipinski definition) is 5. The minimum Gasteiger partial charge on any atom is -0.347 e. The molecule has 0 aliphatic carbocycles. The number of nitrogens with zero attached hydrogens (tertiary/aromatic N) is 3. The highest BCUT2D eigenvalue weighted by Crippen LogP contribution is 2.14. The lowest BCUT2D eigenvalue weighted by Crippen LogP contribution is -2.36. The van der Waals surface area contributed by atoms with Crippen LogP contribution in [0.15, 0.2) is 30.3 Å². The van der Waals surface area contributed by atoms with E-state index in [1.165, 1.54) is 0 Å². The van der Waals surface area contributed by atoms with E-state index in [1.807, 2.05) is 30.3 Å². The maximum atomic E-state index is 12.3. The first kappa shape index (κ1) is 14.7. The molecule has 0 saturated carbocycles. The molecular formula is C14H16N4O3S. The van der Waals surface area contributed by atoms with Crippen LogP contribution in [0.2, 0.25) is 0 Å². The molecule has 1 aromatic carbocycles. The summed E-state index contributed by atoms with van der Waals surface area (Å²) in [6.07, 6.45) is 0.444. The molecule has 3 rings (SSSR count). The van der Waals surface area contributed by atoms with E-state index in [2.05, 4.69) is 15.6 Å². The van der Waals surface area contributed by atoms with Gasteiger partial charge < -0.3 is 5.32 Å². The van der Waals surface area contributed by atoms with Gasteiger partial charge in [0.25, 0.3) is 5.91 Å². The molecule has 1 atom stereocenters. The second kappa shape index (κ2) is 5.53. The summed E-state index contributed by atoms with van der Waals surface area (Å²) in [4.78, 5) is 12.3. The highest BCUT2D eigenvalue weighted by atomic mass is 32.2. The van der Waals surface area contributed by atoms with E-state index in [0.29, 0.717) is 12.1 Å². The SMILES string of the molecule is Cc1c(C(=O)NC2CCS(=O)(=O)C2)nnn1-c1ccccc1. The van der Waals surface area contributed by atoms with Crippen molar-refractivity contribution in [2.75, 3.05) is 11.5 Å². The Kier molecular flexibility index (Phi) is 3.69. The van der Waals surface area contributed by atoms with Crippen LogP contribution < -0.4 is 5.32 Å². The Morgan fingerprint density at radius 1 is 1.32 bits per heavy atom. The molecule has 116 valence electrons. The summed E-state index contributed by atoms with van der Waals surface area (Å²) in [6, 6.07) is 9.03. The van der Waals surface area contributed by atoms with Crippen molar-refractivity contribution >= 4 is 15.7 Å². The summed E-state index contributed by atoms with van der Waals surface area (Å²) in [5.74, 6) is -0.278. The van der Waals surface area contributed by atoms with Crippen LogP contribution in [0.5, 0.6) is 0 Å². The van der Waals surface area contributed by atoms with Crippen molar-refractivity contribution in [1.29, 1.82) is 0 Å². The largest absolute Gasteiger partial charge is 0.347 e. The lowest BCUT2D eigenvalue weighted by molar-refractivity contribution is 0.0935. The fraction of sp³-hybridized carbons (Fsp3) is 0.357. The molecule has 0 radical (unpaired) electrons. The van der Waals surface area contributed by atoms with Crippen molar-refractivity contribution in [3.05, 3.63) is 41.7 Å². The van der Waals surface area contributed by atoms with Gasteiger partial charge in [-0.05, 0) is 25.5 Å². The number of aromatic nitrogens is 3. The van der Waals surface area contributed by atoms with Gasteiger partial charge in [-0.2, -0.15) is 0 Å². The van der Waals surface area contributed by atoms with E-state index in [0.717, 1.165) is 5.69 Å². The zero-order chi connectivity index (χ0) is 15.7. The van der Waals surface area contributed by atoms with Gasteiger partial charge in [-0.1, -0.05) is 23.4 Å². The Bertz CT molecular complexity index is 799. The molecule has 1 aromatic heterocycles. The predicted molar refractivity (Wildman–Crippen MR) is 80.6 cm³/mol. The lowest BCUT2D eigenvalue weighted by atomic mass is 10.2. The Balaban J connectivity index is 1.78. The molecule has 22 heavy (non-hydrogen) atoms. The van der Waals surface area contributed by atoms with Crippen LogP contribution in [-0.2, 0) is 9.84 Å². The van der Waals surface area contributed by atoms with E-state index < -0.39 is 9.84 Å². The quantitative estimate of drug-likeness (QED) is 0.888. The van der Waals surface area contributed by atoms with Crippen LogP contribution in [0, 0.1) is 6.92 Å². The summed E-state index contributed by atoms with van der Waals surface area (Å²) in [5.41, 5.74) is 1.65. The summed E-state index contributed by atoms with van der Waals surface area (Å²) in [6.45, 7) is 1.76. The number of sulfone groups is 1. The van der Waals surface area contributed by atoms with Gasteiger partial charge in [-0.25, -0.2) is 13.1 Å². The van der Waals surface area contributed by atoms with Crippen LogP contribution in [0.25, 0.3) is 5.69 Å². The van der Waals surface area contributed by atoms with Crippen LogP contribution in [0.4, 0.5) is 0 Å². The highest BCUT2D eigenvalue weighted by Gasteiger charge is 2.30. The highest BCUT2D eigenvalue weighted by molar-refractivity contribution is 7.91.